The maximum absolute atomic E-state index is 11.7. The molecule has 18 heavy (non-hydrogen) atoms. The number of rotatable bonds is 4. The summed E-state index contributed by atoms with van der Waals surface area (Å²) in [7, 11) is 0. The highest BCUT2D eigenvalue weighted by Gasteiger charge is 2.32. The molecule has 0 atom stereocenters. The second-order valence-electron chi connectivity index (χ2n) is 4.80. The first-order valence-electron chi connectivity index (χ1n) is 5.87. The summed E-state index contributed by atoms with van der Waals surface area (Å²) in [6, 6.07) is 7.79. The Labute approximate surface area is 122 Å². The van der Waals surface area contributed by atoms with Crippen LogP contribution >= 0.6 is 28.3 Å². The van der Waals surface area contributed by atoms with E-state index in [2.05, 4.69) is 21.2 Å². The van der Waals surface area contributed by atoms with Crippen LogP contribution in [0, 0.1) is 0 Å². The third-order valence-corrected chi connectivity index (χ3v) is 3.79. The van der Waals surface area contributed by atoms with Gasteiger partial charge in [-0.2, -0.15) is 0 Å². The summed E-state index contributed by atoms with van der Waals surface area (Å²) in [5.74, 6) is 0.0454. The quantitative estimate of drug-likeness (QED) is 0.889. The third-order valence-electron chi connectivity index (χ3n) is 3.26. The summed E-state index contributed by atoms with van der Waals surface area (Å²) in [5, 5.41) is 2.91. The highest BCUT2D eigenvalue weighted by atomic mass is 79.9. The van der Waals surface area contributed by atoms with Crippen LogP contribution in [0.5, 0.6) is 0 Å². The number of nitrogens with one attached hydrogen (secondary N) is 1. The van der Waals surface area contributed by atoms with Gasteiger partial charge in [0.05, 0.1) is 6.42 Å². The van der Waals surface area contributed by atoms with Gasteiger partial charge in [0.25, 0.3) is 0 Å². The minimum absolute atomic E-state index is 0. The van der Waals surface area contributed by atoms with E-state index >= 15 is 0 Å². The summed E-state index contributed by atoms with van der Waals surface area (Å²) in [4.78, 5) is 11.7. The van der Waals surface area contributed by atoms with Gasteiger partial charge in [-0.25, -0.2) is 0 Å². The molecule has 100 valence electrons. The highest BCUT2D eigenvalue weighted by molar-refractivity contribution is 9.10. The van der Waals surface area contributed by atoms with Gasteiger partial charge in [0.15, 0.2) is 0 Å². The normalized spacial score (nSPS) is 16.3. The van der Waals surface area contributed by atoms with Crippen molar-refractivity contribution in [1.82, 2.24) is 5.32 Å². The SMILES string of the molecule is Cl.NC1(CNC(=O)Cc2ccc(Br)cc2)CCC1. The number of benzene rings is 1. The molecule has 3 nitrogen and oxygen atoms in total. The zero-order valence-corrected chi connectivity index (χ0v) is 12.5. The lowest BCUT2D eigenvalue weighted by atomic mass is 9.78. The first kappa shape index (κ1) is 15.5. The molecule has 1 aliphatic rings. The third kappa shape index (κ3) is 4.26. The first-order chi connectivity index (χ1) is 8.07. The molecule has 1 aromatic rings. The lowest BCUT2D eigenvalue weighted by Gasteiger charge is -2.38. The van der Waals surface area contributed by atoms with Crippen molar-refractivity contribution in [1.29, 1.82) is 0 Å². The molecule has 1 fully saturated rings. The average molecular weight is 334 g/mol. The molecule has 1 saturated carbocycles. The number of hydrogen-bond donors (Lipinski definition) is 2. The summed E-state index contributed by atoms with van der Waals surface area (Å²) < 4.78 is 1.03. The molecule has 3 N–H and O–H groups in total. The zero-order valence-electron chi connectivity index (χ0n) is 10.1. The number of carbonyl (C=O) groups is 1. The van der Waals surface area contributed by atoms with Crippen LogP contribution in [-0.4, -0.2) is 18.0 Å². The molecule has 0 radical (unpaired) electrons. The summed E-state index contributed by atoms with van der Waals surface area (Å²) in [6.45, 7) is 0.600. The fraction of sp³-hybridized carbons (Fsp3) is 0.462. The number of nitrogens with two attached hydrogens (primary N) is 1. The maximum atomic E-state index is 11.7. The Morgan fingerprint density at radius 3 is 2.44 bits per heavy atom. The standard InChI is InChI=1S/C13H17BrN2O.ClH/c14-11-4-2-10(3-5-11)8-12(17)16-9-13(15)6-1-7-13;/h2-5H,1,6-9,15H2,(H,16,17);1H. The van der Waals surface area contributed by atoms with Crippen molar-refractivity contribution in [2.24, 2.45) is 5.73 Å². The molecule has 1 amide bonds. The van der Waals surface area contributed by atoms with E-state index < -0.39 is 0 Å². The van der Waals surface area contributed by atoms with E-state index in [0.29, 0.717) is 13.0 Å². The van der Waals surface area contributed by atoms with Crippen LogP contribution in [0.2, 0.25) is 0 Å². The van der Waals surface area contributed by atoms with E-state index in [1.807, 2.05) is 24.3 Å². The van der Waals surface area contributed by atoms with Gasteiger partial charge in [0, 0.05) is 16.6 Å². The van der Waals surface area contributed by atoms with Crippen LogP contribution < -0.4 is 11.1 Å². The summed E-state index contributed by atoms with van der Waals surface area (Å²) >= 11 is 3.37. The first-order valence-corrected chi connectivity index (χ1v) is 6.67. The van der Waals surface area contributed by atoms with Gasteiger partial charge in [0.2, 0.25) is 5.91 Å². The van der Waals surface area contributed by atoms with E-state index in [4.69, 9.17) is 5.73 Å². The molecule has 5 heteroatoms. The molecule has 0 saturated heterocycles. The van der Waals surface area contributed by atoms with Gasteiger partial charge in [-0.05, 0) is 37.0 Å². The van der Waals surface area contributed by atoms with Gasteiger partial charge in [-0.1, -0.05) is 28.1 Å². The van der Waals surface area contributed by atoms with E-state index in [1.54, 1.807) is 0 Å². The molecule has 0 aliphatic heterocycles. The molecule has 2 rings (SSSR count). The lowest BCUT2D eigenvalue weighted by molar-refractivity contribution is -0.120. The number of hydrogen-bond acceptors (Lipinski definition) is 2. The van der Waals surface area contributed by atoms with E-state index in [9.17, 15) is 4.79 Å². The Morgan fingerprint density at radius 2 is 1.94 bits per heavy atom. The van der Waals surface area contributed by atoms with E-state index in [0.717, 1.165) is 22.9 Å². The average Bonchev–Trinajstić information content (AvgIpc) is 2.27. The fourth-order valence-electron chi connectivity index (χ4n) is 1.93. The number of halogens is 2. The van der Waals surface area contributed by atoms with Gasteiger partial charge in [0.1, 0.15) is 0 Å². The Hall–Kier alpha value is -0.580. The molecule has 0 aromatic heterocycles. The Morgan fingerprint density at radius 1 is 1.33 bits per heavy atom. The molecular formula is C13H18BrClN2O. The van der Waals surface area contributed by atoms with Gasteiger partial charge in [-0.3, -0.25) is 4.79 Å². The van der Waals surface area contributed by atoms with Crippen LogP contribution in [-0.2, 0) is 11.2 Å². The van der Waals surface area contributed by atoms with Crippen LogP contribution in [0.15, 0.2) is 28.7 Å². The van der Waals surface area contributed by atoms with Gasteiger partial charge >= 0.3 is 0 Å². The molecule has 0 spiro atoms. The molecule has 1 aromatic carbocycles. The number of carbonyl (C=O) groups excluding carboxylic acids is 1. The predicted octanol–water partition coefficient (Wildman–Crippen LogP) is 2.41. The second-order valence-corrected chi connectivity index (χ2v) is 5.71. The van der Waals surface area contributed by atoms with Gasteiger partial charge in [-0.15, -0.1) is 12.4 Å². The number of amides is 1. The van der Waals surface area contributed by atoms with E-state index in [1.165, 1.54) is 6.42 Å². The van der Waals surface area contributed by atoms with Crippen molar-refractivity contribution in [3.05, 3.63) is 34.3 Å². The Balaban J connectivity index is 0.00000162. The maximum Gasteiger partial charge on any atom is 0.224 e. The summed E-state index contributed by atoms with van der Waals surface area (Å²) in [5.41, 5.74) is 6.92. The van der Waals surface area contributed by atoms with Crippen LogP contribution in [0.1, 0.15) is 24.8 Å². The predicted molar refractivity (Wildman–Crippen MR) is 78.9 cm³/mol. The molecule has 0 bridgehead atoms. The summed E-state index contributed by atoms with van der Waals surface area (Å²) in [6.07, 6.45) is 3.64. The monoisotopic (exact) mass is 332 g/mol. The van der Waals surface area contributed by atoms with Crippen molar-refractivity contribution in [2.45, 2.75) is 31.2 Å². The Kier molecular flexibility index (Phi) is 5.63. The minimum Gasteiger partial charge on any atom is -0.354 e. The van der Waals surface area contributed by atoms with E-state index in [-0.39, 0.29) is 23.9 Å². The molecule has 1 aliphatic carbocycles. The van der Waals surface area contributed by atoms with Crippen molar-refractivity contribution in [3.8, 4) is 0 Å². The topological polar surface area (TPSA) is 55.1 Å². The van der Waals surface area contributed by atoms with Crippen molar-refractivity contribution >= 4 is 34.2 Å². The molecule has 0 heterocycles. The minimum atomic E-state index is -0.143. The van der Waals surface area contributed by atoms with Gasteiger partial charge < -0.3 is 11.1 Å². The van der Waals surface area contributed by atoms with Crippen LogP contribution in [0.25, 0.3) is 0 Å². The zero-order chi connectivity index (χ0) is 12.3. The largest absolute Gasteiger partial charge is 0.354 e. The molecule has 0 unspecified atom stereocenters. The highest BCUT2D eigenvalue weighted by Crippen LogP contribution is 2.28. The fourth-order valence-corrected chi connectivity index (χ4v) is 2.20. The molecular weight excluding hydrogens is 316 g/mol. The smallest absolute Gasteiger partial charge is 0.224 e. The van der Waals surface area contributed by atoms with Crippen molar-refractivity contribution in [3.63, 3.8) is 0 Å². The van der Waals surface area contributed by atoms with Crippen molar-refractivity contribution < 1.29 is 4.79 Å². The van der Waals surface area contributed by atoms with Crippen LogP contribution in [0.4, 0.5) is 0 Å². The Bertz CT molecular complexity index is 404. The van der Waals surface area contributed by atoms with Crippen molar-refractivity contribution in [2.75, 3.05) is 6.54 Å². The van der Waals surface area contributed by atoms with Crippen LogP contribution in [0.3, 0.4) is 0 Å². The second kappa shape index (κ2) is 6.55. The lowest BCUT2D eigenvalue weighted by Crippen LogP contribution is -2.55.